The molecule has 0 aliphatic heterocycles. The first-order valence-electron chi connectivity index (χ1n) is 4.77. The Hall–Kier alpha value is -1.24. The molecule has 0 fully saturated rings. The first-order chi connectivity index (χ1) is 7.41. The molecule has 0 spiro atoms. The van der Waals surface area contributed by atoms with E-state index in [2.05, 4.69) is 10.6 Å². The van der Waals surface area contributed by atoms with Crippen LogP contribution in [0.5, 0.6) is 0 Å². The van der Waals surface area contributed by atoms with Gasteiger partial charge < -0.3 is 15.7 Å². The van der Waals surface area contributed by atoms with Gasteiger partial charge in [-0.25, -0.2) is 0 Å². The standard InChI is InChI=1S/C9H16N2O4S/c1-6(2)11-7(12)3-10-8(13)4-16-5-9(14)15/h6H,3-5H2,1-2H3,(H,10,13)(H,11,12)(H,14,15). The van der Waals surface area contributed by atoms with E-state index < -0.39 is 5.97 Å². The van der Waals surface area contributed by atoms with Gasteiger partial charge in [-0.2, -0.15) is 0 Å². The maximum Gasteiger partial charge on any atom is 0.313 e. The van der Waals surface area contributed by atoms with Gasteiger partial charge in [-0.05, 0) is 13.8 Å². The molecule has 0 unspecified atom stereocenters. The molecular formula is C9H16N2O4S. The normalized spacial score (nSPS) is 9.94. The van der Waals surface area contributed by atoms with Gasteiger partial charge in [0.1, 0.15) is 0 Å². The number of hydrogen-bond acceptors (Lipinski definition) is 4. The van der Waals surface area contributed by atoms with E-state index in [1.54, 1.807) is 0 Å². The first kappa shape index (κ1) is 14.8. The summed E-state index contributed by atoms with van der Waals surface area (Å²) in [6, 6.07) is 0.0331. The van der Waals surface area contributed by atoms with E-state index in [0.717, 1.165) is 11.8 Å². The van der Waals surface area contributed by atoms with Gasteiger partial charge in [0.05, 0.1) is 18.1 Å². The molecule has 0 radical (unpaired) electrons. The van der Waals surface area contributed by atoms with Crippen molar-refractivity contribution in [2.45, 2.75) is 19.9 Å². The second kappa shape index (κ2) is 7.98. The summed E-state index contributed by atoms with van der Waals surface area (Å²) < 4.78 is 0. The van der Waals surface area contributed by atoms with Gasteiger partial charge in [0.15, 0.2) is 0 Å². The molecule has 16 heavy (non-hydrogen) atoms. The molecule has 2 amide bonds. The fraction of sp³-hybridized carbons (Fsp3) is 0.667. The highest BCUT2D eigenvalue weighted by Crippen LogP contribution is 1.97. The molecule has 0 atom stereocenters. The monoisotopic (exact) mass is 248 g/mol. The lowest BCUT2D eigenvalue weighted by Crippen LogP contribution is -2.40. The fourth-order valence-electron chi connectivity index (χ4n) is 0.834. The summed E-state index contributed by atoms with van der Waals surface area (Å²) in [5.41, 5.74) is 0. The van der Waals surface area contributed by atoms with Crippen LogP contribution in [0.15, 0.2) is 0 Å². The average Bonchev–Trinajstić information content (AvgIpc) is 2.13. The Labute approximate surface area is 98.2 Å². The van der Waals surface area contributed by atoms with Gasteiger partial charge in [0, 0.05) is 6.04 Å². The van der Waals surface area contributed by atoms with E-state index >= 15 is 0 Å². The quantitative estimate of drug-likeness (QED) is 0.561. The average molecular weight is 248 g/mol. The molecule has 0 aromatic rings. The fourth-order valence-corrected chi connectivity index (χ4v) is 1.40. The molecule has 6 nitrogen and oxygen atoms in total. The van der Waals surface area contributed by atoms with Crippen molar-refractivity contribution >= 4 is 29.5 Å². The Balaban J connectivity index is 3.57. The topological polar surface area (TPSA) is 95.5 Å². The van der Waals surface area contributed by atoms with Crippen molar-refractivity contribution in [3.8, 4) is 0 Å². The van der Waals surface area contributed by atoms with Gasteiger partial charge in [-0.3, -0.25) is 14.4 Å². The number of thioether (sulfide) groups is 1. The molecule has 92 valence electrons. The molecule has 0 bridgehead atoms. The van der Waals surface area contributed by atoms with Crippen LogP contribution < -0.4 is 10.6 Å². The first-order valence-corrected chi connectivity index (χ1v) is 5.93. The van der Waals surface area contributed by atoms with Crippen LogP contribution in [-0.2, 0) is 14.4 Å². The van der Waals surface area contributed by atoms with Crippen LogP contribution in [0.3, 0.4) is 0 Å². The lowest BCUT2D eigenvalue weighted by atomic mass is 10.4. The van der Waals surface area contributed by atoms with Crippen LogP contribution in [0, 0.1) is 0 Å². The van der Waals surface area contributed by atoms with Crippen LogP contribution in [0.25, 0.3) is 0 Å². The molecule has 0 aliphatic carbocycles. The van der Waals surface area contributed by atoms with E-state index in [0.29, 0.717) is 0 Å². The summed E-state index contributed by atoms with van der Waals surface area (Å²) in [7, 11) is 0. The Morgan fingerprint density at radius 1 is 1.19 bits per heavy atom. The molecule has 0 aromatic heterocycles. The second-order valence-corrected chi connectivity index (χ2v) is 4.37. The molecule has 0 aliphatic rings. The summed E-state index contributed by atoms with van der Waals surface area (Å²) >= 11 is 0.992. The van der Waals surface area contributed by atoms with Crippen LogP contribution >= 0.6 is 11.8 Å². The number of aliphatic carboxylic acids is 1. The number of carboxylic acid groups (broad SMARTS) is 1. The van der Waals surface area contributed by atoms with Crippen molar-refractivity contribution in [1.29, 1.82) is 0 Å². The van der Waals surface area contributed by atoms with Crippen molar-refractivity contribution in [2.24, 2.45) is 0 Å². The second-order valence-electron chi connectivity index (χ2n) is 3.39. The largest absolute Gasteiger partial charge is 0.481 e. The minimum absolute atomic E-state index is 0.0331. The molecular weight excluding hydrogens is 232 g/mol. The zero-order valence-corrected chi connectivity index (χ0v) is 10.1. The highest BCUT2D eigenvalue weighted by Gasteiger charge is 2.07. The van der Waals surface area contributed by atoms with Gasteiger partial charge in [-0.1, -0.05) is 0 Å². The van der Waals surface area contributed by atoms with Gasteiger partial charge in [0.2, 0.25) is 11.8 Å². The number of hydrogen-bond donors (Lipinski definition) is 3. The third-order valence-corrected chi connectivity index (χ3v) is 2.27. The third-order valence-electron chi connectivity index (χ3n) is 1.35. The summed E-state index contributed by atoms with van der Waals surface area (Å²) in [6.07, 6.45) is 0. The molecule has 0 aromatic carbocycles. The van der Waals surface area contributed by atoms with Gasteiger partial charge in [0.25, 0.3) is 0 Å². The number of rotatable bonds is 7. The summed E-state index contributed by atoms with van der Waals surface area (Å²) in [5.74, 6) is -1.64. The van der Waals surface area contributed by atoms with Crippen molar-refractivity contribution in [3.05, 3.63) is 0 Å². The Morgan fingerprint density at radius 2 is 1.81 bits per heavy atom. The van der Waals surface area contributed by atoms with Crippen LogP contribution in [0.1, 0.15) is 13.8 Å². The van der Waals surface area contributed by atoms with Crippen LogP contribution in [-0.4, -0.2) is 47.0 Å². The Bertz CT molecular complexity index is 268. The summed E-state index contributed by atoms with van der Waals surface area (Å²) in [4.78, 5) is 32.4. The number of carboxylic acids is 1. The SMILES string of the molecule is CC(C)NC(=O)CNC(=O)CSCC(=O)O. The van der Waals surface area contributed by atoms with Crippen LogP contribution in [0.4, 0.5) is 0 Å². The summed E-state index contributed by atoms with van der Waals surface area (Å²) in [6.45, 7) is 3.56. The molecule has 0 saturated heterocycles. The van der Waals surface area contributed by atoms with Crippen molar-refractivity contribution in [2.75, 3.05) is 18.1 Å². The van der Waals surface area contributed by atoms with E-state index in [9.17, 15) is 14.4 Å². The Morgan fingerprint density at radius 3 is 2.31 bits per heavy atom. The highest BCUT2D eigenvalue weighted by molar-refractivity contribution is 8.00. The van der Waals surface area contributed by atoms with E-state index in [-0.39, 0.29) is 35.9 Å². The van der Waals surface area contributed by atoms with Crippen molar-refractivity contribution in [3.63, 3.8) is 0 Å². The maximum atomic E-state index is 11.1. The molecule has 3 N–H and O–H groups in total. The minimum atomic E-state index is -0.963. The molecule has 0 rings (SSSR count). The number of carbonyl (C=O) groups excluding carboxylic acids is 2. The maximum absolute atomic E-state index is 11.1. The zero-order valence-electron chi connectivity index (χ0n) is 9.28. The van der Waals surface area contributed by atoms with Gasteiger partial charge >= 0.3 is 5.97 Å². The highest BCUT2D eigenvalue weighted by atomic mass is 32.2. The zero-order chi connectivity index (χ0) is 12.6. The number of amides is 2. The molecule has 0 saturated carbocycles. The van der Waals surface area contributed by atoms with E-state index in [4.69, 9.17) is 5.11 Å². The smallest absolute Gasteiger partial charge is 0.313 e. The number of carbonyl (C=O) groups is 3. The van der Waals surface area contributed by atoms with Gasteiger partial charge in [-0.15, -0.1) is 11.8 Å². The van der Waals surface area contributed by atoms with E-state index in [1.807, 2.05) is 13.8 Å². The summed E-state index contributed by atoms with van der Waals surface area (Å²) in [5, 5.41) is 13.3. The van der Waals surface area contributed by atoms with E-state index in [1.165, 1.54) is 0 Å². The Kier molecular flexibility index (Phi) is 7.36. The predicted molar refractivity (Wildman–Crippen MR) is 61.2 cm³/mol. The number of nitrogens with one attached hydrogen (secondary N) is 2. The lowest BCUT2D eigenvalue weighted by molar-refractivity contribution is -0.133. The predicted octanol–water partition coefficient (Wildman–Crippen LogP) is -0.555. The third kappa shape index (κ3) is 9.32. The molecule has 7 heteroatoms. The van der Waals surface area contributed by atoms with Crippen LogP contribution in [0.2, 0.25) is 0 Å². The van der Waals surface area contributed by atoms with Crippen molar-refractivity contribution < 1.29 is 19.5 Å². The lowest BCUT2D eigenvalue weighted by Gasteiger charge is -2.08. The molecule has 0 heterocycles. The minimum Gasteiger partial charge on any atom is -0.481 e. The van der Waals surface area contributed by atoms with Crippen molar-refractivity contribution in [1.82, 2.24) is 10.6 Å².